The van der Waals surface area contributed by atoms with Crippen LogP contribution in [0.5, 0.6) is 5.75 Å². The molecule has 1 aromatic rings. The molecule has 4 heteroatoms. The van der Waals surface area contributed by atoms with Gasteiger partial charge in [0.15, 0.2) is 6.61 Å². The average molecular weight is 270 g/mol. The predicted octanol–water partition coefficient (Wildman–Crippen LogP) is 3.33. The molecule has 0 saturated heterocycles. The lowest BCUT2D eigenvalue weighted by atomic mass is 10.2. The molecule has 0 spiro atoms. The minimum absolute atomic E-state index is 0.0406. The second kappa shape index (κ2) is 7.27. The number of halogens is 1. The zero-order valence-corrected chi connectivity index (χ0v) is 11.9. The molecule has 0 radical (unpaired) electrons. The van der Waals surface area contributed by atoms with Crippen molar-refractivity contribution < 1.29 is 9.53 Å². The highest BCUT2D eigenvalue weighted by Crippen LogP contribution is 2.21. The quantitative estimate of drug-likeness (QED) is 0.860. The maximum atomic E-state index is 11.7. The standard InChI is InChI=1S/C14H20ClNO2/c1-4-12(5-2)16-14(17)9-18-13-7-6-11(15)8-10(13)3/h6-8,12H,4-5,9H2,1-3H3,(H,16,17). The molecule has 0 aliphatic rings. The van der Waals surface area contributed by atoms with Gasteiger partial charge in [-0.15, -0.1) is 0 Å². The summed E-state index contributed by atoms with van der Waals surface area (Å²) in [6.07, 6.45) is 1.87. The van der Waals surface area contributed by atoms with Crippen LogP contribution in [0.3, 0.4) is 0 Å². The molecular formula is C14H20ClNO2. The van der Waals surface area contributed by atoms with Gasteiger partial charge in [-0.2, -0.15) is 0 Å². The predicted molar refractivity (Wildman–Crippen MR) is 74.2 cm³/mol. The van der Waals surface area contributed by atoms with Crippen LogP contribution >= 0.6 is 11.6 Å². The van der Waals surface area contributed by atoms with Gasteiger partial charge in [0.25, 0.3) is 5.91 Å². The molecular weight excluding hydrogens is 250 g/mol. The van der Waals surface area contributed by atoms with E-state index in [1.807, 2.05) is 13.0 Å². The number of hydrogen-bond donors (Lipinski definition) is 1. The van der Waals surface area contributed by atoms with Crippen LogP contribution in [0.1, 0.15) is 32.3 Å². The monoisotopic (exact) mass is 269 g/mol. The van der Waals surface area contributed by atoms with E-state index in [4.69, 9.17) is 16.3 Å². The van der Waals surface area contributed by atoms with Gasteiger partial charge in [0.05, 0.1) is 0 Å². The third-order valence-corrected chi connectivity index (χ3v) is 3.08. The molecule has 0 bridgehead atoms. The molecule has 1 N–H and O–H groups in total. The van der Waals surface area contributed by atoms with Gasteiger partial charge in [0, 0.05) is 11.1 Å². The largest absolute Gasteiger partial charge is 0.484 e. The number of aryl methyl sites for hydroxylation is 1. The Labute approximate surface area is 113 Å². The van der Waals surface area contributed by atoms with Gasteiger partial charge >= 0.3 is 0 Å². The topological polar surface area (TPSA) is 38.3 Å². The van der Waals surface area contributed by atoms with Crippen LogP contribution in [-0.2, 0) is 4.79 Å². The number of carbonyl (C=O) groups excluding carboxylic acids is 1. The van der Waals surface area contributed by atoms with Crippen molar-refractivity contribution in [1.29, 1.82) is 0 Å². The number of rotatable bonds is 6. The first kappa shape index (κ1) is 14.8. The average Bonchev–Trinajstić information content (AvgIpc) is 2.35. The first-order valence-corrected chi connectivity index (χ1v) is 6.62. The Morgan fingerprint density at radius 3 is 2.61 bits per heavy atom. The molecule has 0 aliphatic carbocycles. The number of ether oxygens (including phenoxy) is 1. The van der Waals surface area contributed by atoms with E-state index in [0.717, 1.165) is 18.4 Å². The number of amides is 1. The van der Waals surface area contributed by atoms with Crippen molar-refractivity contribution >= 4 is 17.5 Å². The van der Waals surface area contributed by atoms with Crippen LogP contribution in [0.2, 0.25) is 5.02 Å². The second-order valence-corrected chi connectivity index (χ2v) is 4.72. The smallest absolute Gasteiger partial charge is 0.258 e. The fourth-order valence-electron chi connectivity index (χ4n) is 1.68. The van der Waals surface area contributed by atoms with Gasteiger partial charge < -0.3 is 10.1 Å². The van der Waals surface area contributed by atoms with E-state index in [0.29, 0.717) is 10.8 Å². The van der Waals surface area contributed by atoms with Crippen molar-refractivity contribution in [2.24, 2.45) is 0 Å². The fraction of sp³-hybridized carbons (Fsp3) is 0.500. The SMILES string of the molecule is CCC(CC)NC(=O)COc1ccc(Cl)cc1C. The molecule has 100 valence electrons. The first-order valence-electron chi connectivity index (χ1n) is 6.25. The first-order chi connectivity index (χ1) is 8.56. The molecule has 3 nitrogen and oxygen atoms in total. The summed E-state index contributed by atoms with van der Waals surface area (Å²) in [6.45, 7) is 6.05. The summed E-state index contributed by atoms with van der Waals surface area (Å²) >= 11 is 5.85. The Morgan fingerprint density at radius 2 is 2.06 bits per heavy atom. The van der Waals surface area contributed by atoms with Crippen LogP contribution in [0.25, 0.3) is 0 Å². The summed E-state index contributed by atoms with van der Waals surface area (Å²) in [7, 11) is 0. The molecule has 1 aromatic carbocycles. The highest BCUT2D eigenvalue weighted by molar-refractivity contribution is 6.30. The fourth-order valence-corrected chi connectivity index (χ4v) is 1.91. The molecule has 0 atom stereocenters. The molecule has 0 unspecified atom stereocenters. The maximum Gasteiger partial charge on any atom is 0.258 e. The highest BCUT2D eigenvalue weighted by atomic mass is 35.5. The number of benzene rings is 1. The molecule has 1 amide bonds. The number of carbonyl (C=O) groups is 1. The Bertz CT molecular complexity index is 403. The normalized spacial score (nSPS) is 10.5. The van der Waals surface area contributed by atoms with Gasteiger partial charge in [-0.25, -0.2) is 0 Å². The lowest BCUT2D eigenvalue weighted by molar-refractivity contribution is -0.123. The van der Waals surface area contributed by atoms with E-state index in [9.17, 15) is 4.79 Å². The van der Waals surface area contributed by atoms with Crippen LogP contribution < -0.4 is 10.1 Å². The maximum absolute atomic E-state index is 11.7. The van der Waals surface area contributed by atoms with Crippen molar-refractivity contribution in [3.8, 4) is 5.75 Å². The Hall–Kier alpha value is -1.22. The lowest BCUT2D eigenvalue weighted by Gasteiger charge is -2.15. The summed E-state index contributed by atoms with van der Waals surface area (Å²) in [4.78, 5) is 11.7. The van der Waals surface area contributed by atoms with Gasteiger partial charge in [-0.1, -0.05) is 25.4 Å². The van der Waals surface area contributed by atoms with Gasteiger partial charge in [0.1, 0.15) is 5.75 Å². The number of hydrogen-bond acceptors (Lipinski definition) is 2. The Morgan fingerprint density at radius 1 is 1.39 bits per heavy atom. The Kier molecular flexibility index (Phi) is 5.99. The van der Waals surface area contributed by atoms with Crippen molar-refractivity contribution in [1.82, 2.24) is 5.32 Å². The summed E-state index contributed by atoms with van der Waals surface area (Å²) in [5.41, 5.74) is 0.929. The third kappa shape index (κ3) is 4.57. The molecule has 0 fully saturated rings. The zero-order chi connectivity index (χ0) is 13.5. The highest BCUT2D eigenvalue weighted by Gasteiger charge is 2.09. The van der Waals surface area contributed by atoms with Crippen molar-refractivity contribution in [3.05, 3.63) is 28.8 Å². The summed E-state index contributed by atoms with van der Waals surface area (Å²) in [5.74, 6) is 0.608. The molecule has 1 rings (SSSR count). The third-order valence-electron chi connectivity index (χ3n) is 2.85. The van der Waals surface area contributed by atoms with Crippen molar-refractivity contribution in [3.63, 3.8) is 0 Å². The van der Waals surface area contributed by atoms with E-state index in [2.05, 4.69) is 19.2 Å². The summed E-state index contributed by atoms with van der Waals surface area (Å²) in [6, 6.07) is 5.58. The second-order valence-electron chi connectivity index (χ2n) is 4.28. The van der Waals surface area contributed by atoms with Gasteiger partial charge in [0.2, 0.25) is 0 Å². The van der Waals surface area contributed by atoms with E-state index < -0.39 is 0 Å². The van der Waals surface area contributed by atoms with E-state index in [1.165, 1.54) is 0 Å². The molecule has 0 saturated carbocycles. The van der Waals surface area contributed by atoms with Crippen LogP contribution in [0.15, 0.2) is 18.2 Å². The van der Waals surface area contributed by atoms with Gasteiger partial charge in [-0.05, 0) is 43.5 Å². The van der Waals surface area contributed by atoms with E-state index in [-0.39, 0.29) is 18.6 Å². The van der Waals surface area contributed by atoms with Crippen LogP contribution in [0, 0.1) is 6.92 Å². The van der Waals surface area contributed by atoms with Gasteiger partial charge in [-0.3, -0.25) is 4.79 Å². The van der Waals surface area contributed by atoms with Crippen LogP contribution in [-0.4, -0.2) is 18.6 Å². The molecule has 0 aliphatic heterocycles. The lowest BCUT2D eigenvalue weighted by Crippen LogP contribution is -2.37. The molecule has 18 heavy (non-hydrogen) atoms. The number of nitrogens with one attached hydrogen (secondary N) is 1. The van der Waals surface area contributed by atoms with E-state index in [1.54, 1.807) is 12.1 Å². The van der Waals surface area contributed by atoms with Crippen LogP contribution in [0.4, 0.5) is 0 Å². The van der Waals surface area contributed by atoms with E-state index >= 15 is 0 Å². The molecule has 0 aromatic heterocycles. The van der Waals surface area contributed by atoms with Crippen molar-refractivity contribution in [2.45, 2.75) is 39.7 Å². The Balaban J connectivity index is 2.47. The zero-order valence-electron chi connectivity index (χ0n) is 11.1. The minimum Gasteiger partial charge on any atom is -0.484 e. The summed E-state index contributed by atoms with van der Waals surface area (Å²) in [5, 5.41) is 3.60. The molecule has 0 heterocycles. The minimum atomic E-state index is -0.0851. The summed E-state index contributed by atoms with van der Waals surface area (Å²) < 4.78 is 5.47. The van der Waals surface area contributed by atoms with Crippen molar-refractivity contribution in [2.75, 3.05) is 6.61 Å².